The van der Waals surface area contributed by atoms with Crippen LogP contribution < -0.4 is 11.1 Å². The van der Waals surface area contributed by atoms with Crippen LogP contribution in [0, 0.1) is 0 Å². The summed E-state index contributed by atoms with van der Waals surface area (Å²) in [5.41, 5.74) is 8.65. The summed E-state index contributed by atoms with van der Waals surface area (Å²) >= 11 is 5.98. The molecule has 1 unspecified atom stereocenters. The zero-order chi connectivity index (χ0) is 17.8. The van der Waals surface area contributed by atoms with E-state index >= 15 is 0 Å². The first kappa shape index (κ1) is 17.0. The van der Waals surface area contributed by atoms with E-state index in [9.17, 15) is 4.79 Å². The number of hydrogen-bond donors (Lipinski definition) is 2. The first-order valence-corrected chi connectivity index (χ1v) is 8.30. The third-order valence-corrected chi connectivity index (χ3v) is 4.06. The summed E-state index contributed by atoms with van der Waals surface area (Å²) in [6, 6.07) is 16.1. The molecular weight excluding hydrogens is 338 g/mol. The largest absolute Gasteiger partial charge is 0.463 e. The minimum Gasteiger partial charge on any atom is -0.463 e. The summed E-state index contributed by atoms with van der Waals surface area (Å²) in [7, 11) is 0. The molecule has 128 valence electrons. The molecule has 25 heavy (non-hydrogen) atoms. The number of guanidine groups is 1. The van der Waals surface area contributed by atoms with E-state index < -0.39 is 12.0 Å². The van der Waals surface area contributed by atoms with Crippen LogP contribution in [0.2, 0.25) is 5.02 Å². The molecule has 1 atom stereocenters. The molecule has 6 heteroatoms. The van der Waals surface area contributed by atoms with Crippen molar-refractivity contribution in [3.05, 3.63) is 76.3 Å². The third-order valence-electron chi connectivity index (χ3n) is 3.81. The van der Waals surface area contributed by atoms with Crippen LogP contribution in [0.1, 0.15) is 24.1 Å². The number of nitrogens with zero attached hydrogens (tertiary/aromatic N) is 1. The number of ether oxygens (including phenoxy) is 1. The zero-order valence-electron chi connectivity index (χ0n) is 13.7. The Labute approximate surface area is 151 Å². The number of nitrogens with two attached hydrogens (primary N) is 1. The SMILES string of the molecule is CCOC(=O)C1=C(c2ccccc2)NC(N)=NC1c1ccc(Cl)cc1. The summed E-state index contributed by atoms with van der Waals surface area (Å²) in [6.45, 7) is 2.04. The van der Waals surface area contributed by atoms with Gasteiger partial charge in [-0.2, -0.15) is 0 Å². The Kier molecular flexibility index (Phi) is 5.05. The maximum Gasteiger partial charge on any atom is 0.338 e. The fraction of sp³-hybridized carbons (Fsp3) is 0.158. The molecule has 0 saturated heterocycles. The maximum absolute atomic E-state index is 12.7. The van der Waals surface area contributed by atoms with Crippen molar-refractivity contribution in [2.75, 3.05) is 6.61 Å². The van der Waals surface area contributed by atoms with Crippen molar-refractivity contribution in [1.82, 2.24) is 5.32 Å². The third kappa shape index (κ3) is 3.67. The highest BCUT2D eigenvalue weighted by atomic mass is 35.5. The van der Waals surface area contributed by atoms with Crippen molar-refractivity contribution in [2.24, 2.45) is 10.7 Å². The molecule has 1 aliphatic heterocycles. The summed E-state index contributed by atoms with van der Waals surface area (Å²) < 4.78 is 5.27. The van der Waals surface area contributed by atoms with Gasteiger partial charge in [-0.15, -0.1) is 0 Å². The second-order valence-electron chi connectivity index (χ2n) is 5.47. The number of carbonyl (C=O) groups excluding carboxylic acids is 1. The fourth-order valence-electron chi connectivity index (χ4n) is 2.71. The van der Waals surface area contributed by atoms with Crippen LogP contribution in [0.15, 0.2) is 65.2 Å². The average Bonchev–Trinajstić information content (AvgIpc) is 2.62. The second-order valence-corrected chi connectivity index (χ2v) is 5.91. The van der Waals surface area contributed by atoms with Crippen LogP contribution in [-0.2, 0) is 9.53 Å². The van der Waals surface area contributed by atoms with Crippen molar-refractivity contribution < 1.29 is 9.53 Å². The summed E-state index contributed by atoms with van der Waals surface area (Å²) in [6.07, 6.45) is 0. The molecule has 0 spiro atoms. The van der Waals surface area contributed by atoms with E-state index in [2.05, 4.69) is 10.3 Å². The highest BCUT2D eigenvalue weighted by molar-refractivity contribution is 6.30. The van der Waals surface area contributed by atoms with Crippen molar-refractivity contribution in [2.45, 2.75) is 13.0 Å². The van der Waals surface area contributed by atoms with E-state index in [4.69, 9.17) is 22.1 Å². The molecule has 3 rings (SSSR count). The molecule has 1 heterocycles. The number of rotatable bonds is 4. The highest BCUT2D eigenvalue weighted by Gasteiger charge is 2.31. The Morgan fingerprint density at radius 3 is 2.52 bits per heavy atom. The van der Waals surface area contributed by atoms with Gasteiger partial charge in [-0.3, -0.25) is 0 Å². The Morgan fingerprint density at radius 1 is 1.20 bits per heavy atom. The minimum atomic E-state index is -0.562. The Morgan fingerprint density at radius 2 is 1.88 bits per heavy atom. The summed E-state index contributed by atoms with van der Waals surface area (Å²) in [4.78, 5) is 17.1. The van der Waals surface area contributed by atoms with Crippen LogP contribution in [0.3, 0.4) is 0 Å². The molecule has 0 fully saturated rings. The van der Waals surface area contributed by atoms with Gasteiger partial charge in [0.05, 0.1) is 17.9 Å². The number of halogens is 1. The number of carbonyl (C=O) groups is 1. The summed E-state index contributed by atoms with van der Waals surface area (Å²) in [5.74, 6) is -0.183. The molecule has 2 aromatic rings. The van der Waals surface area contributed by atoms with Crippen LogP contribution >= 0.6 is 11.6 Å². The molecule has 3 N–H and O–H groups in total. The second kappa shape index (κ2) is 7.40. The Balaban J connectivity index is 2.16. The van der Waals surface area contributed by atoms with E-state index in [0.717, 1.165) is 11.1 Å². The van der Waals surface area contributed by atoms with E-state index in [-0.39, 0.29) is 12.6 Å². The Bertz CT molecular complexity index is 830. The lowest BCUT2D eigenvalue weighted by molar-refractivity contribution is -0.138. The first-order valence-electron chi connectivity index (χ1n) is 7.92. The predicted octanol–water partition coefficient (Wildman–Crippen LogP) is 3.27. The smallest absolute Gasteiger partial charge is 0.338 e. The molecule has 0 bridgehead atoms. The zero-order valence-corrected chi connectivity index (χ0v) is 14.5. The van der Waals surface area contributed by atoms with E-state index in [1.165, 1.54) is 0 Å². The van der Waals surface area contributed by atoms with E-state index in [1.807, 2.05) is 42.5 Å². The molecule has 1 aliphatic rings. The topological polar surface area (TPSA) is 76.7 Å². The number of aliphatic imine (C=N–C) groups is 1. The monoisotopic (exact) mass is 355 g/mol. The maximum atomic E-state index is 12.7. The van der Waals surface area contributed by atoms with Crippen LogP contribution in [0.4, 0.5) is 0 Å². The molecule has 0 aliphatic carbocycles. The van der Waals surface area contributed by atoms with Crippen molar-refractivity contribution in [3.8, 4) is 0 Å². The fourth-order valence-corrected chi connectivity index (χ4v) is 2.84. The standard InChI is InChI=1S/C19H18ClN3O2/c1-2-25-18(24)15-16(12-6-4-3-5-7-12)22-19(21)23-17(15)13-8-10-14(20)11-9-13/h3-11,17H,2H2,1H3,(H3,21,22,23). The van der Waals surface area contributed by atoms with Gasteiger partial charge in [0.25, 0.3) is 0 Å². The van der Waals surface area contributed by atoms with Gasteiger partial charge in [0.15, 0.2) is 5.96 Å². The lowest BCUT2D eigenvalue weighted by Crippen LogP contribution is -2.37. The van der Waals surface area contributed by atoms with Crippen molar-refractivity contribution in [1.29, 1.82) is 0 Å². The van der Waals surface area contributed by atoms with Gasteiger partial charge >= 0.3 is 5.97 Å². The lowest BCUT2D eigenvalue weighted by atomic mass is 9.93. The van der Waals surface area contributed by atoms with Gasteiger partial charge in [-0.05, 0) is 30.2 Å². The van der Waals surface area contributed by atoms with Crippen LogP contribution in [0.25, 0.3) is 5.70 Å². The van der Waals surface area contributed by atoms with Gasteiger partial charge in [0.2, 0.25) is 0 Å². The molecule has 0 radical (unpaired) electrons. The van der Waals surface area contributed by atoms with Crippen molar-refractivity contribution >= 4 is 29.2 Å². The Hall–Kier alpha value is -2.79. The van der Waals surface area contributed by atoms with Gasteiger partial charge < -0.3 is 15.8 Å². The molecule has 0 saturated carbocycles. The quantitative estimate of drug-likeness (QED) is 0.825. The molecular formula is C19H18ClN3O2. The van der Waals surface area contributed by atoms with Gasteiger partial charge in [0, 0.05) is 5.02 Å². The normalized spacial score (nSPS) is 16.9. The number of esters is 1. The van der Waals surface area contributed by atoms with Gasteiger partial charge in [0.1, 0.15) is 6.04 Å². The van der Waals surface area contributed by atoms with E-state index in [1.54, 1.807) is 19.1 Å². The van der Waals surface area contributed by atoms with Gasteiger partial charge in [-0.1, -0.05) is 54.1 Å². The number of hydrogen-bond acceptors (Lipinski definition) is 5. The molecule has 5 nitrogen and oxygen atoms in total. The van der Waals surface area contributed by atoms with Crippen LogP contribution in [0.5, 0.6) is 0 Å². The van der Waals surface area contributed by atoms with Crippen LogP contribution in [-0.4, -0.2) is 18.5 Å². The highest BCUT2D eigenvalue weighted by Crippen LogP contribution is 2.34. The molecule has 0 aromatic heterocycles. The van der Waals surface area contributed by atoms with Gasteiger partial charge in [-0.25, -0.2) is 9.79 Å². The number of benzene rings is 2. The van der Waals surface area contributed by atoms with Crippen molar-refractivity contribution in [3.63, 3.8) is 0 Å². The lowest BCUT2D eigenvalue weighted by Gasteiger charge is -2.26. The molecule has 2 aromatic carbocycles. The molecule has 0 amide bonds. The first-order chi connectivity index (χ1) is 12.1. The number of nitrogens with one attached hydrogen (secondary N) is 1. The summed E-state index contributed by atoms with van der Waals surface area (Å²) in [5, 5.41) is 3.62. The predicted molar refractivity (Wildman–Crippen MR) is 98.9 cm³/mol. The minimum absolute atomic E-state index is 0.242. The van der Waals surface area contributed by atoms with E-state index in [0.29, 0.717) is 16.3 Å². The average molecular weight is 356 g/mol.